The quantitative estimate of drug-likeness (QED) is 0.859. The minimum absolute atomic E-state index is 0.514. The number of hydrogen-bond acceptors (Lipinski definition) is 2. The van der Waals surface area contributed by atoms with Crippen molar-refractivity contribution < 1.29 is 0 Å². The number of aromatic nitrogens is 2. The van der Waals surface area contributed by atoms with Crippen LogP contribution in [0.1, 0.15) is 24.4 Å². The maximum atomic E-state index is 4.26. The van der Waals surface area contributed by atoms with E-state index in [0.29, 0.717) is 6.04 Å². The summed E-state index contributed by atoms with van der Waals surface area (Å²) >= 11 is 2.36. The SMILES string of the molecule is CNC(c1cnn(C)c1I)C1CC1. The van der Waals surface area contributed by atoms with Gasteiger partial charge in [-0.1, -0.05) is 0 Å². The van der Waals surface area contributed by atoms with Gasteiger partial charge in [-0.3, -0.25) is 4.68 Å². The molecule has 4 heteroatoms. The first-order valence-corrected chi connectivity index (χ1v) is 5.66. The van der Waals surface area contributed by atoms with Gasteiger partial charge in [0.05, 0.1) is 6.20 Å². The normalized spacial score (nSPS) is 19.0. The Hall–Kier alpha value is -0.100. The molecule has 1 atom stereocenters. The van der Waals surface area contributed by atoms with Crippen molar-refractivity contribution in [2.45, 2.75) is 18.9 Å². The molecule has 0 radical (unpaired) electrons. The molecule has 0 amide bonds. The second kappa shape index (κ2) is 3.57. The van der Waals surface area contributed by atoms with E-state index in [2.05, 4.69) is 33.0 Å². The molecular weight excluding hydrogens is 277 g/mol. The highest BCUT2D eigenvalue weighted by atomic mass is 127. The van der Waals surface area contributed by atoms with Crippen molar-refractivity contribution in [3.05, 3.63) is 15.5 Å². The van der Waals surface area contributed by atoms with Crippen LogP contribution >= 0.6 is 22.6 Å². The van der Waals surface area contributed by atoms with E-state index < -0.39 is 0 Å². The lowest BCUT2D eigenvalue weighted by atomic mass is 10.1. The topological polar surface area (TPSA) is 29.9 Å². The molecular formula is C9H14IN3. The molecule has 72 valence electrons. The summed E-state index contributed by atoms with van der Waals surface area (Å²) in [5.41, 5.74) is 1.35. The Labute approximate surface area is 92.0 Å². The lowest BCUT2D eigenvalue weighted by Gasteiger charge is -2.13. The zero-order chi connectivity index (χ0) is 9.42. The number of hydrogen-bond donors (Lipinski definition) is 1. The monoisotopic (exact) mass is 291 g/mol. The fourth-order valence-corrected chi connectivity index (χ4v) is 2.32. The standard InChI is InChI=1S/C9H14IN3/c1-11-8(6-3-4-6)7-5-12-13(2)9(7)10/h5-6,8,11H,3-4H2,1-2H3. The van der Waals surface area contributed by atoms with Crippen molar-refractivity contribution in [1.29, 1.82) is 0 Å². The molecule has 2 rings (SSSR count). The van der Waals surface area contributed by atoms with Crippen LogP contribution in [-0.4, -0.2) is 16.8 Å². The Morgan fingerprint density at radius 2 is 2.38 bits per heavy atom. The Morgan fingerprint density at radius 3 is 2.77 bits per heavy atom. The predicted molar refractivity (Wildman–Crippen MR) is 60.4 cm³/mol. The molecule has 1 heterocycles. The molecule has 1 fully saturated rings. The van der Waals surface area contributed by atoms with E-state index in [1.165, 1.54) is 22.1 Å². The van der Waals surface area contributed by atoms with E-state index >= 15 is 0 Å². The van der Waals surface area contributed by atoms with Crippen molar-refractivity contribution in [2.75, 3.05) is 7.05 Å². The van der Waals surface area contributed by atoms with Crippen molar-refractivity contribution in [2.24, 2.45) is 13.0 Å². The summed E-state index contributed by atoms with van der Waals surface area (Å²) in [6.07, 6.45) is 4.70. The number of aryl methyl sites for hydroxylation is 1. The number of nitrogens with zero attached hydrogens (tertiary/aromatic N) is 2. The van der Waals surface area contributed by atoms with Crippen LogP contribution in [0.2, 0.25) is 0 Å². The van der Waals surface area contributed by atoms with E-state index in [1.807, 2.05) is 25.0 Å². The van der Waals surface area contributed by atoms with E-state index in [1.54, 1.807) is 0 Å². The van der Waals surface area contributed by atoms with Crippen LogP contribution in [0.4, 0.5) is 0 Å². The fourth-order valence-electron chi connectivity index (χ4n) is 1.72. The van der Waals surface area contributed by atoms with Crippen LogP contribution in [0.15, 0.2) is 6.20 Å². The molecule has 1 aromatic rings. The van der Waals surface area contributed by atoms with Crippen molar-refractivity contribution in [3.63, 3.8) is 0 Å². The Morgan fingerprint density at radius 1 is 1.69 bits per heavy atom. The van der Waals surface area contributed by atoms with Crippen LogP contribution in [-0.2, 0) is 7.05 Å². The van der Waals surface area contributed by atoms with Gasteiger partial charge in [-0.2, -0.15) is 5.10 Å². The lowest BCUT2D eigenvalue weighted by molar-refractivity contribution is 0.525. The smallest absolute Gasteiger partial charge is 0.103 e. The highest BCUT2D eigenvalue weighted by Crippen LogP contribution is 2.41. The molecule has 1 unspecified atom stereocenters. The summed E-state index contributed by atoms with van der Waals surface area (Å²) < 4.78 is 3.19. The van der Waals surface area contributed by atoms with Gasteiger partial charge in [0.1, 0.15) is 3.70 Å². The van der Waals surface area contributed by atoms with Crippen LogP contribution in [0.25, 0.3) is 0 Å². The molecule has 13 heavy (non-hydrogen) atoms. The average molecular weight is 291 g/mol. The van der Waals surface area contributed by atoms with Crippen LogP contribution in [0, 0.1) is 9.62 Å². The molecule has 1 aliphatic carbocycles. The molecule has 1 aromatic heterocycles. The zero-order valence-electron chi connectivity index (χ0n) is 7.92. The summed E-state index contributed by atoms with van der Waals surface area (Å²) in [4.78, 5) is 0. The molecule has 0 aliphatic heterocycles. The Balaban J connectivity index is 2.26. The summed E-state index contributed by atoms with van der Waals surface area (Å²) in [6.45, 7) is 0. The van der Waals surface area contributed by atoms with Gasteiger partial charge in [0.2, 0.25) is 0 Å². The largest absolute Gasteiger partial charge is 0.313 e. The van der Waals surface area contributed by atoms with Crippen LogP contribution < -0.4 is 5.32 Å². The zero-order valence-corrected chi connectivity index (χ0v) is 10.1. The number of halogens is 1. The second-order valence-corrected chi connectivity index (χ2v) is 4.64. The van der Waals surface area contributed by atoms with Gasteiger partial charge in [-0.05, 0) is 48.4 Å². The molecule has 0 aromatic carbocycles. The summed E-state index contributed by atoms with van der Waals surface area (Å²) in [5.74, 6) is 0.836. The van der Waals surface area contributed by atoms with E-state index in [4.69, 9.17) is 0 Å². The highest BCUT2D eigenvalue weighted by molar-refractivity contribution is 14.1. The van der Waals surface area contributed by atoms with Gasteiger partial charge in [-0.25, -0.2) is 0 Å². The minimum Gasteiger partial charge on any atom is -0.313 e. The minimum atomic E-state index is 0.514. The van der Waals surface area contributed by atoms with Gasteiger partial charge >= 0.3 is 0 Å². The van der Waals surface area contributed by atoms with Gasteiger partial charge in [0, 0.05) is 18.7 Å². The molecule has 0 spiro atoms. The molecule has 0 bridgehead atoms. The van der Waals surface area contributed by atoms with Gasteiger partial charge in [-0.15, -0.1) is 0 Å². The molecule has 1 N–H and O–H groups in total. The van der Waals surface area contributed by atoms with Crippen LogP contribution in [0.5, 0.6) is 0 Å². The third-order valence-corrected chi connectivity index (χ3v) is 3.95. The van der Waals surface area contributed by atoms with Gasteiger partial charge in [0.25, 0.3) is 0 Å². The summed E-state index contributed by atoms with van der Waals surface area (Å²) in [7, 11) is 4.02. The van der Waals surface area contributed by atoms with Crippen LogP contribution in [0.3, 0.4) is 0 Å². The van der Waals surface area contributed by atoms with Gasteiger partial charge in [0.15, 0.2) is 0 Å². The predicted octanol–water partition coefficient (Wildman–Crippen LogP) is 1.70. The highest BCUT2D eigenvalue weighted by Gasteiger charge is 2.33. The fraction of sp³-hybridized carbons (Fsp3) is 0.667. The molecule has 1 saturated carbocycles. The average Bonchev–Trinajstić information content (AvgIpc) is 2.89. The van der Waals surface area contributed by atoms with Crippen molar-refractivity contribution in [1.82, 2.24) is 15.1 Å². The Bertz CT molecular complexity index is 304. The first-order valence-electron chi connectivity index (χ1n) is 4.58. The lowest BCUT2D eigenvalue weighted by Crippen LogP contribution is -2.18. The summed E-state index contributed by atoms with van der Waals surface area (Å²) in [5, 5.41) is 7.64. The molecule has 0 saturated heterocycles. The third kappa shape index (κ3) is 1.74. The van der Waals surface area contributed by atoms with Crippen molar-refractivity contribution in [3.8, 4) is 0 Å². The van der Waals surface area contributed by atoms with E-state index in [-0.39, 0.29) is 0 Å². The maximum absolute atomic E-state index is 4.26. The summed E-state index contributed by atoms with van der Waals surface area (Å²) in [6, 6.07) is 0.514. The first kappa shape index (κ1) is 9.45. The molecule has 3 nitrogen and oxygen atoms in total. The van der Waals surface area contributed by atoms with E-state index in [0.717, 1.165) is 5.92 Å². The maximum Gasteiger partial charge on any atom is 0.103 e. The Kier molecular flexibility index (Phi) is 2.60. The number of rotatable bonds is 3. The third-order valence-electron chi connectivity index (χ3n) is 2.63. The van der Waals surface area contributed by atoms with E-state index in [9.17, 15) is 0 Å². The van der Waals surface area contributed by atoms with Crippen molar-refractivity contribution >= 4 is 22.6 Å². The molecule has 1 aliphatic rings. The van der Waals surface area contributed by atoms with Gasteiger partial charge < -0.3 is 5.32 Å². The first-order chi connectivity index (χ1) is 6.24. The number of nitrogens with one attached hydrogen (secondary N) is 1. The second-order valence-electron chi connectivity index (χ2n) is 3.62.